The molecule has 156 valence electrons. The van der Waals surface area contributed by atoms with E-state index in [1.807, 2.05) is 24.3 Å². The average molecular weight is 427 g/mol. The standard InChI is InChI=1S/C20H21N5O4S/c1-14(26)23-9-11-24(12-10-23)18-8-3-2-7-17(18)21-20(30)22-19(27)15-5-4-6-16(13-15)25(28)29/h2-8,13H,9-12H2,1H3,(H2,21,22,27,30). The molecule has 0 aliphatic carbocycles. The first-order valence-corrected chi connectivity index (χ1v) is 9.72. The maximum absolute atomic E-state index is 12.4. The predicted molar refractivity (Wildman–Crippen MR) is 118 cm³/mol. The largest absolute Gasteiger partial charge is 0.366 e. The molecule has 0 unspecified atom stereocenters. The number of piperazine rings is 1. The second-order valence-corrected chi connectivity index (χ2v) is 7.13. The van der Waals surface area contributed by atoms with E-state index in [1.54, 1.807) is 11.8 Å². The van der Waals surface area contributed by atoms with Crippen LogP contribution in [0.4, 0.5) is 17.1 Å². The lowest BCUT2D eigenvalue weighted by Crippen LogP contribution is -2.48. The molecule has 3 rings (SSSR count). The molecule has 9 nitrogen and oxygen atoms in total. The number of hydrogen-bond donors (Lipinski definition) is 2. The van der Waals surface area contributed by atoms with Crippen molar-refractivity contribution in [3.8, 4) is 0 Å². The van der Waals surface area contributed by atoms with E-state index < -0.39 is 10.8 Å². The van der Waals surface area contributed by atoms with Crippen molar-refractivity contribution >= 4 is 46.2 Å². The molecule has 0 saturated carbocycles. The van der Waals surface area contributed by atoms with Crippen molar-refractivity contribution in [2.24, 2.45) is 0 Å². The first kappa shape index (κ1) is 21.2. The molecule has 0 aromatic heterocycles. The molecule has 1 saturated heterocycles. The van der Waals surface area contributed by atoms with Crippen LogP contribution < -0.4 is 15.5 Å². The molecule has 2 amide bonds. The smallest absolute Gasteiger partial charge is 0.270 e. The third kappa shape index (κ3) is 5.09. The van der Waals surface area contributed by atoms with Crippen LogP contribution in [-0.2, 0) is 4.79 Å². The molecule has 1 aliphatic heterocycles. The number of carbonyl (C=O) groups is 2. The van der Waals surface area contributed by atoms with Gasteiger partial charge in [-0.15, -0.1) is 0 Å². The highest BCUT2D eigenvalue weighted by Gasteiger charge is 2.21. The van der Waals surface area contributed by atoms with Gasteiger partial charge in [0.2, 0.25) is 5.91 Å². The van der Waals surface area contributed by atoms with Gasteiger partial charge in [-0.05, 0) is 30.4 Å². The Morgan fingerprint density at radius 3 is 2.43 bits per heavy atom. The van der Waals surface area contributed by atoms with Gasteiger partial charge in [0.15, 0.2) is 5.11 Å². The Kier molecular flexibility index (Phi) is 6.58. The zero-order valence-corrected chi connectivity index (χ0v) is 17.1. The number of thiocarbonyl (C=S) groups is 1. The van der Waals surface area contributed by atoms with Crippen molar-refractivity contribution in [2.45, 2.75) is 6.92 Å². The van der Waals surface area contributed by atoms with Gasteiger partial charge in [0, 0.05) is 50.8 Å². The zero-order valence-electron chi connectivity index (χ0n) is 16.3. The molecule has 0 atom stereocenters. The third-order valence-corrected chi connectivity index (χ3v) is 4.97. The van der Waals surface area contributed by atoms with Crippen molar-refractivity contribution in [2.75, 3.05) is 36.4 Å². The summed E-state index contributed by atoms with van der Waals surface area (Å²) in [6, 6.07) is 13.0. The van der Waals surface area contributed by atoms with E-state index >= 15 is 0 Å². The van der Waals surface area contributed by atoms with E-state index in [9.17, 15) is 19.7 Å². The monoisotopic (exact) mass is 427 g/mol. The van der Waals surface area contributed by atoms with Crippen LogP contribution in [0.1, 0.15) is 17.3 Å². The normalized spacial score (nSPS) is 13.5. The minimum Gasteiger partial charge on any atom is -0.366 e. The SMILES string of the molecule is CC(=O)N1CCN(c2ccccc2NC(=S)NC(=O)c2cccc([N+](=O)[O-])c2)CC1. The molecule has 2 N–H and O–H groups in total. The molecular formula is C20H21N5O4S. The van der Waals surface area contributed by atoms with Crippen molar-refractivity contribution < 1.29 is 14.5 Å². The van der Waals surface area contributed by atoms with Crippen molar-refractivity contribution in [1.82, 2.24) is 10.2 Å². The number of amides is 2. The molecule has 0 spiro atoms. The van der Waals surface area contributed by atoms with Crippen LogP contribution in [0.25, 0.3) is 0 Å². The third-order valence-electron chi connectivity index (χ3n) is 4.76. The fourth-order valence-corrected chi connectivity index (χ4v) is 3.41. The second-order valence-electron chi connectivity index (χ2n) is 6.73. The molecule has 30 heavy (non-hydrogen) atoms. The van der Waals surface area contributed by atoms with E-state index in [4.69, 9.17) is 12.2 Å². The van der Waals surface area contributed by atoms with Crippen LogP contribution in [-0.4, -0.2) is 52.9 Å². The molecule has 2 aromatic rings. The minimum absolute atomic E-state index is 0.0612. The number of nitro groups is 1. The van der Waals surface area contributed by atoms with Crippen LogP contribution in [0.5, 0.6) is 0 Å². The molecule has 0 bridgehead atoms. The quantitative estimate of drug-likeness (QED) is 0.438. The van der Waals surface area contributed by atoms with Crippen LogP contribution in [0, 0.1) is 10.1 Å². The summed E-state index contributed by atoms with van der Waals surface area (Å²) in [4.78, 5) is 38.2. The molecule has 0 radical (unpaired) electrons. The Morgan fingerprint density at radius 1 is 1.07 bits per heavy atom. The number of nitrogens with one attached hydrogen (secondary N) is 2. The summed E-state index contributed by atoms with van der Waals surface area (Å²) >= 11 is 5.26. The Hall–Kier alpha value is -3.53. The van der Waals surface area contributed by atoms with E-state index in [-0.39, 0.29) is 22.3 Å². The number of nitro benzene ring substituents is 1. The van der Waals surface area contributed by atoms with Gasteiger partial charge in [-0.1, -0.05) is 18.2 Å². The van der Waals surface area contributed by atoms with Gasteiger partial charge >= 0.3 is 0 Å². The van der Waals surface area contributed by atoms with E-state index in [0.717, 1.165) is 11.4 Å². The highest BCUT2D eigenvalue weighted by atomic mass is 32.1. The van der Waals surface area contributed by atoms with Crippen LogP contribution >= 0.6 is 12.2 Å². The lowest BCUT2D eigenvalue weighted by molar-refractivity contribution is -0.384. The first-order chi connectivity index (χ1) is 14.3. The topological polar surface area (TPSA) is 108 Å². The van der Waals surface area contributed by atoms with Gasteiger partial charge in [0.25, 0.3) is 11.6 Å². The van der Waals surface area contributed by atoms with Crippen molar-refractivity contribution in [3.05, 3.63) is 64.2 Å². The van der Waals surface area contributed by atoms with Gasteiger partial charge in [-0.3, -0.25) is 25.0 Å². The second kappa shape index (κ2) is 9.31. The highest BCUT2D eigenvalue weighted by Crippen LogP contribution is 2.26. The average Bonchev–Trinajstić information content (AvgIpc) is 2.74. The first-order valence-electron chi connectivity index (χ1n) is 9.31. The highest BCUT2D eigenvalue weighted by molar-refractivity contribution is 7.80. The minimum atomic E-state index is -0.560. The van der Waals surface area contributed by atoms with Gasteiger partial charge in [-0.25, -0.2) is 0 Å². The summed E-state index contributed by atoms with van der Waals surface area (Å²) in [5, 5.41) is 16.6. The number of benzene rings is 2. The fraction of sp³-hybridized carbons (Fsp3) is 0.250. The lowest BCUT2D eigenvalue weighted by Gasteiger charge is -2.36. The summed E-state index contributed by atoms with van der Waals surface area (Å²) in [5.41, 5.74) is 1.60. The van der Waals surface area contributed by atoms with Crippen LogP contribution in [0.15, 0.2) is 48.5 Å². The van der Waals surface area contributed by atoms with Gasteiger partial charge in [0.05, 0.1) is 16.3 Å². The Morgan fingerprint density at radius 2 is 1.77 bits per heavy atom. The molecule has 1 aliphatic rings. The lowest BCUT2D eigenvalue weighted by atomic mass is 10.2. The molecule has 1 fully saturated rings. The van der Waals surface area contributed by atoms with E-state index in [1.165, 1.54) is 24.3 Å². The number of non-ortho nitro benzene ring substituents is 1. The summed E-state index contributed by atoms with van der Waals surface area (Å²) in [7, 11) is 0. The Bertz CT molecular complexity index is 989. The Labute approximate surface area is 178 Å². The van der Waals surface area contributed by atoms with Crippen molar-refractivity contribution in [3.63, 3.8) is 0 Å². The summed E-state index contributed by atoms with van der Waals surface area (Å²) in [6.45, 7) is 4.21. The van der Waals surface area contributed by atoms with E-state index in [2.05, 4.69) is 15.5 Å². The predicted octanol–water partition coefficient (Wildman–Crippen LogP) is 2.39. The number of anilines is 2. The van der Waals surface area contributed by atoms with Gasteiger partial charge in [0.1, 0.15) is 0 Å². The van der Waals surface area contributed by atoms with Gasteiger partial charge < -0.3 is 15.1 Å². The number of carbonyl (C=O) groups excluding carboxylic acids is 2. The van der Waals surface area contributed by atoms with Crippen molar-refractivity contribution in [1.29, 1.82) is 0 Å². The number of hydrogen-bond acceptors (Lipinski definition) is 6. The summed E-state index contributed by atoms with van der Waals surface area (Å²) < 4.78 is 0. The number of nitrogens with zero attached hydrogens (tertiary/aromatic N) is 3. The fourth-order valence-electron chi connectivity index (χ4n) is 3.21. The molecule has 10 heteroatoms. The number of rotatable bonds is 4. The van der Waals surface area contributed by atoms with E-state index in [0.29, 0.717) is 26.2 Å². The van der Waals surface area contributed by atoms with Gasteiger partial charge in [-0.2, -0.15) is 0 Å². The van der Waals surface area contributed by atoms with Crippen LogP contribution in [0.3, 0.4) is 0 Å². The van der Waals surface area contributed by atoms with Crippen LogP contribution in [0.2, 0.25) is 0 Å². The number of para-hydroxylation sites is 2. The maximum Gasteiger partial charge on any atom is 0.270 e. The maximum atomic E-state index is 12.4. The molecular weight excluding hydrogens is 406 g/mol. The summed E-state index contributed by atoms with van der Waals surface area (Å²) in [5.74, 6) is -0.477. The molecule has 1 heterocycles. The summed E-state index contributed by atoms with van der Waals surface area (Å²) in [6.07, 6.45) is 0. The Balaban J connectivity index is 1.66. The molecule has 2 aromatic carbocycles. The zero-order chi connectivity index (χ0) is 21.7.